The summed E-state index contributed by atoms with van der Waals surface area (Å²) in [6.45, 7) is 5.89. The molecule has 1 aliphatic carbocycles. The van der Waals surface area contributed by atoms with E-state index in [2.05, 4.69) is 18.7 Å². The average Bonchev–Trinajstić information content (AvgIpc) is 2.17. The lowest BCUT2D eigenvalue weighted by Crippen LogP contribution is -2.30. The van der Waals surface area contributed by atoms with E-state index < -0.39 is 5.60 Å². The minimum absolute atomic E-state index is 0.666. The minimum Gasteiger partial charge on any atom is -0.385 e. The molecule has 1 atom stereocenters. The van der Waals surface area contributed by atoms with Crippen molar-refractivity contribution in [3.05, 3.63) is 47.5 Å². The molecule has 0 fully saturated rings. The second kappa shape index (κ2) is 3.82. The van der Waals surface area contributed by atoms with Crippen LogP contribution in [0.5, 0.6) is 0 Å². The van der Waals surface area contributed by atoms with E-state index in [0.717, 1.165) is 30.4 Å². The Balaban J connectivity index is 2.40. The molecule has 1 aromatic carbocycles. The lowest BCUT2D eigenvalue weighted by atomic mass is 9.76. The van der Waals surface area contributed by atoms with Gasteiger partial charge in [0.2, 0.25) is 0 Å². The smallest absolute Gasteiger partial charge is 0.0936 e. The van der Waals surface area contributed by atoms with Crippen molar-refractivity contribution < 1.29 is 5.11 Å². The number of benzene rings is 1. The van der Waals surface area contributed by atoms with Crippen molar-refractivity contribution in [3.63, 3.8) is 0 Å². The summed E-state index contributed by atoms with van der Waals surface area (Å²) in [5, 5.41) is 10.6. The normalized spacial score (nSPS) is 24.7. The highest BCUT2D eigenvalue weighted by atomic mass is 16.3. The van der Waals surface area contributed by atoms with Crippen molar-refractivity contribution >= 4 is 0 Å². The third kappa shape index (κ3) is 1.98. The largest absolute Gasteiger partial charge is 0.385 e. The van der Waals surface area contributed by atoms with Gasteiger partial charge < -0.3 is 5.11 Å². The molecule has 1 aliphatic rings. The first kappa shape index (κ1) is 10.4. The molecular weight excluding hydrogens is 184 g/mol. The van der Waals surface area contributed by atoms with Crippen LogP contribution in [0.4, 0.5) is 0 Å². The topological polar surface area (TPSA) is 20.2 Å². The minimum atomic E-state index is -0.666. The van der Waals surface area contributed by atoms with E-state index in [0.29, 0.717) is 6.42 Å². The lowest BCUT2D eigenvalue weighted by molar-refractivity contribution is 0.0192. The Morgan fingerprint density at radius 3 is 2.93 bits per heavy atom. The second-order valence-electron chi connectivity index (χ2n) is 4.68. The average molecular weight is 202 g/mol. The van der Waals surface area contributed by atoms with Crippen molar-refractivity contribution in [1.29, 1.82) is 0 Å². The molecule has 1 N–H and O–H groups in total. The highest BCUT2D eigenvalue weighted by Crippen LogP contribution is 2.39. The Labute approximate surface area is 91.4 Å². The van der Waals surface area contributed by atoms with E-state index in [1.165, 1.54) is 5.56 Å². The van der Waals surface area contributed by atoms with Crippen LogP contribution in [0.2, 0.25) is 0 Å². The highest BCUT2D eigenvalue weighted by Gasteiger charge is 2.33. The third-order valence-corrected chi connectivity index (χ3v) is 3.15. The fraction of sp³-hybridized carbons (Fsp3) is 0.429. The Morgan fingerprint density at radius 1 is 1.47 bits per heavy atom. The molecule has 0 saturated heterocycles. The van der Waals surface area contributed by atoms with Crippen molar-refractivity contribution in [1.82, 2.24) is 0 Å². The van der Waals surface area contributed by atoms with Gasteiger partial charge in [-0.05, 0) is 37.3 Å². The maximum Gasteiger partial charge on any atom is 0.0936 e. The summed E-state index contributed by atoms with van der Waals surface area (Å²) in [5.74, 6) is 0. The SMILES string of the molecule is C=C(C)C[C@@]1(O)CCCc2ccccc21. The van der Waals surface area contributed by atoms with Gasteiger partial charge in [0.25, 0.3) is 0 Å². The third-order valence-electron chi connectivity index (χ3n) is 3.15. The van der Waals surface area contributed by atoms with Crippen LogP contribution in [0.25, 0.3) is 0 Å². The Morgan fingerprint density at radius 2 is 2.20 bits per heavy atom. The Bertz CT molecular complexity index is 381. The number of hydrogen-bond acceptors (Lipinski definition) is 1. The lowest BCUT2D eigenvalue weighted by Gasteiger charge is -2.34. The monoisotopic (exact) mass is 202 g/mol. The van der Waals surface area contributed by atoms with Gasteiger partial charge in [-0.2, -0.15) is 0 Å². The summed E-state index contributed by atoms with van der Waals surface area (Å²) < 4.78 is 0. The van der Waals surface area contributed by atoms with Gasteiger partial charge in [-0.15, -0.1) is 6.58 Å². The number of hydrogen-bond donors (Lipinski definition) is 1. The van der Waals surface area contributed by atoms with Crippen LogP contribution in [-0.4, -0.2) is 5.11 Å². The summed E-state index contributed by atoms with van der Waals surface area (Å²) >= 11 is 0. The molecule has 0 aliphatic heterocycles. The van der Waals surface area contributed by atoms with Gasteiger partial charge in [0.15, 0.2) is 0 Å². The molecule has 0 bridgehead atoms. The summed E-state index contributed by atoms with van der Waals surface area (Å²) in [4.78, 5) is 0. The second-order valence-corrected chi connectivity index (χ2v) is 4.68. The molecule has 0 radical (unpaired) electrons. The number of fused-ring (bicyclic) bond motifs is 1. The van der Waals surface area contributed by atoms with Crippen molar-refractivity contribution in [2.45, 2.75) is 38.2 Å². The quantitative estimate of drug-likeness (QED) is 0.730. The molecule has 0 amide bonds. The van der Waals surface area contributed by atoms with E-state index in [4.69, 9.17) is 0 Å². The molecule has 1 nitrogen and oxygen atoms in total. The summed E-state index contributed by atoms with van der Waals surface area (Å²) in [6.07, 6.45) is 3.70. The number of rotatable bonds is 2. The zero-order chi connectivity index (χ0) is 10.9. The number of aliphatic hydroxyl groups is 1. The van der Waals surface area contributed by atoms with Crippen molar-refractivity contribution in [2.75, 3.05) is 0 Å². The fourth-order valence-corrected chi connectivity index (χ4v) is 2.58. The maximum absolute atomic E-state index is 10.6. The molecule has 80 valence electrons. The van der Waals surface area contributed by atoms with Crippen LogP contribution >= 0.6 is 0 Å². The van der Waals surface area contributed by atoms with E-state index >= 15 is 0 Å². The van der Waals surface area contributed by atoms with Gasteiger partial charge in [0, 0.05) is 6.42 Å². The Kier molecular flexibility index (Phi) is 2.66. The van der Waals surface area contributed by atoms with Crippen LogP contribution in [-0.2, 0) is 12.0 Å². The van der Waals surface area contributed by atoms with Crippen molar-refractivity contribution in [2.24, 2.45) is 0 Å². The van der Waals surface area contributed by atoms with Gasteiger partial charge >= 0.3 is 0 Å². The first-order valence-corrected chi connectivity index (χ1v) is 5.57. The molecule has 0 spiro atoms. The van der Waals surface area contributed by atoms with Crippen LogP contribution in [0.3, 0.4) is 0 Å². The van der Waals surface area contributed by atoms with Gasteiger partial charge in [0.05, 0.1) is 5.60 Å². The zero-order valence-corrected chi connectivity index (χ0v) is 9.29. The van der Waals surface area contributed by atoms with E-state index in [9.17, 15) is 5.11 Å². The molecule has 0 saturated carbocycles. The van der Waals surface area contributed by atoms with Crippen LogP contribution in [0.1, 0.15) is 37.3 Å². The van der Waals surface area contributed by atoms with E-state index in [-0.39, 0.29) is 0 Å². The van der Waals surface area contributed by atoms with Gasteiger partial charge in [-0.1, -0.05) is 29.8 Å². The molecule has 15 heavy (non-hydrogen) atoms. The first-order valence-electron chi connectivity index (χ1n) is 5.57. The molecule has 2 rings (SSSR count). The Hall–Kier alpha value is -1.08. The highest BCUT2D eigenvalue weighted by molar-refractivity contribution is 5.35. The van der Waals surface area contributed by atoms with Gasteiger partial charge in [-0.3, -0.25) is 0 Å². The van der Waals surface area contributed by atoms with E-state index in [1.54, 1.807) is 0 Å². The molecular formula is C14H18O. The van der Waals surface area contributed by atoms with Crippen LogP contribution in [0, 0.1) is 0 Å². The van der Waals surface area contributed by atoms with E-state index in [1.807, 2.05) is 19.1 Å². The van der Waals surface area contributed by atoms with Gasteiger partial charge in [0.1, 0.15) is 0 Å². The fourth-order valence-electron chi connectivity index (χ4n) is 2.58. The predicted molar refractivity (Wildman–Crippen MR) is 62.7 cm³/mol. The molecule has 0 aromatic heterocycles. The summed E-state index contributed by atoms with van der Waals surface area (Å²) in [7, 11) is 0. The first-order chi connectivity index (χ1) is 7.12. The van der Waals surface area contributed by atoms with Crippen LogP contribution < -0.4 is 0 Å². The maximum atomic E-state index is 10.6. The molecule has 1 aromatic rings. The predicted octanol–water partition coefficient (Wildman–Crippen LogP) is 3.18. The zero-order valence-electron chi connectivity index (χ0n) is 9.29. The summed E-state index contributed by atoms with van der Waals surface area (Å²) in [5.41, 5.74) is 2.79. The molecule has 0 heterocycles. The van der Waals surface area contributed by atoms with Crippen molar-refractivity contribution in [3.8, 4) is 0 Å². The molecule has 1 heteroatoms. The molecule has 0 unspecified atom stereocenters. The van der Waals surface area contributed by atoms with Gasteiger partial charge in [-0.25, -0.2) is 0 Å². The van der Waals surface area contributed by atoms with Crippen LogP contribution in [0.15, 0.2) is 36.4 Å². The summed E-state index contributed by atoms with van der Waals surface area (Å²) in [6, 6.07) is 8.23. The number of aryl methyl sites for hydroxylation is 1. The standard InChI is InChI=1S/C14H18O/c1-11(2)10-14(15)9-5-7-12-6-3-4-8-13(12)14/h3-4,6,8,15H,1,5,7,9-10H2,2H3/t14-/m0/s1.